The molecule has 0 spiro atoms. The molecule has 7 nitrogen and oxygen atoms in total. The van der Waals surface area contributed by atoms with E-state index < -0.39 is 0 Å². The Morgan fingerprint density at radius 1 is 1.21 bits per heavy atom. The summed E-state index contributed by atoms with van der Waals surface area (Å²) in [6.45, 7) is 5.29. The van der Waals surface area contributed by atoms with Gasteiger partial charge in [-0.2, -0.15) is 9.61 Å². The molecule has 24 heavy (non-hydrogen) atoms. The summed E-state index contributed by atoms with van der Waals surface area (Å²) in [6, 6.07) is 3.87. The molecule has 4 rings (SSSR count). The van der Waals surface area contributed by atoms with E-state index in [2.05, 4.69) is 20.3 Å². The van der Waals surface area contributed by atoms with E-state index in [-0.39, 0.29) is 11.8 Å². The Morgan fingerprint density at radius 2 is 2.00 bits per heavy atom. The number of fused-ring (bicyclic) bond motifs is 1. The standard InChI is InChI=1S/C16H18N6OS/c1-10-3-4-13-18-19-15(22(13)20-10)12-5-7-21(8-6-12)16(23)14-11(2)17-9-24-14/h3-4,9,12H,5-8H2,1-2H3. The van der Waals surface area contributed by atoms with Crippen LogP contribution < -0.4 is 0 Å². The van der Waals surface area contributed by atoms with Gasteiger partial charge in [-0.25, -0.2) is 4.98 Å². The van der Waals surface area contributed by atoms with Crippen molar-refractivity contribution >= 4 is 22.9 Å². The summed E-state index contributed by atoms with van der Waals surface area (Å²) in [7, 11) is 0. The van der Waals surface area contributed by atoms with Crippen molar-refractivity contribution in [2.24, 2.45) is 0 Å². The Kier molecular flexibility index (Phi) is 3.76. The molecule has 4 heterocycles. The highest BCUT2D eigenvalue weighted by Crippen LogP contribution is 2.28. The quantitative estimate of drug-likeness (QED) is 0.714. The first-order valence-corrected chi connectivity index (χ1v) is 8.90. The molecule has 0 aliphatic carbocycles. The molecule has 1 fully saturated rings. The second-order valence-corrected chi connectivity index (χ2v) is 6.99. The van der Waals surface area contributed by atoms with E-state index in [9.17, 15) is 4.79 Å². The van der Waals surface area contributed by atoms with Gasteiger partial charge in [0.1, 0.15) is 4.88 Å². The minimum atomic E-state index is 0.0912. The highest BCUT2D eigenvalue weighted by molar-refractivity contribution is 7.11. The van der Waals surface area contributed by atoms with Crippen molar-refractivity contribution in [3.8, 4) is 0 Å². The number of amides is 1. The Labute approximate surface area is 143 Å². The van der Waals surface area contributed by atoms with Gasteiger partial charge in [0.15, 0.2) is 11.5 Å². The van der Waals surface area contributed by atoms with Crippen LogP contribution in [0.25, 0.3) is 5.65 Å². The van der Waals surface area contributed by atoms with Gasteiger partial charge in [0.2, 0.25) is 0 Å². The van der Waals surface area contributed by atoms with Crippen LogP contribution in [-0.4, -0.2) is 48.7 Å². The SMILES string of the molecule is Cc1ccc2nnc(C3CCN(C(=O)c4scnc4C)CC3)n2n1. The molecule has 0 atom stereocenters. The molecule has 0 unspecified atom stereocenters. The number of piperidine rings is 1. The largest absolute Gasteiger partial charge is 0.338 e. The third-order valence-electron chi connectivity index (χ3n) is 4.51. The predicted octanol–water partition coefficient (Wildman–Crippen LogP) is 2.22. The van der Waals surface area contributed by atoms with Gasteiger partial charge in [-0.1, -0.05) is 0 Å². The average molecular weight is 342 g/mol. The molecule has 0 bridgehead atoms. The predicted molar refractivity (Wildman–Crippen MR) is 90.2 cm³/mol. The fraction of sp³-hybridized carbons (Fsp3) is 0.438. The number of hydrogen-bond acceptors (Lipinski definition) is 6. The lowest BCUT2D eigenvalue weighted by atomic mass is 9.96. The zero-order valence-electron chi connectivity index (χ0n) is 13.6. The van der Waals surface area contributed by atoms with Gasteiger partial charge < -0.3 is 4.90 Å². The van der Waals surface area contributed by atoms with E-state index in [1.807, 2.05) is 35.4 Å². The van der Waals surface area contributed by atoms with Crippen LogP contribution in [0.3, 0.4) is 0 Å². The maximum absolute atomic E-state index is 12.6. The Bertz CT molecular complexity index is 893. The molecule has 8 heteroatoms. The summed E-state index contributed by atoms with van der Waals surface area (Å²) in [6.07, 6.45) is 1.75. The molecule has 3 aromatic heterocycles. The van der Waals surface area contributed by atoms with Crippen molar-refractivity contribution in [3.05, 3.63) is 39.7 Å². The number of hydrogen-bond donors (Lipinski definition) is 0. The molecule has 0 aromatic carbocycles. The highest BCUT2D eigenvalue weighted by Gasteiger charge is 2.29. The van der Waals surface area contributed by atoms with Gasteiger partial charge in [-0.3, -0.25) is 4.79 Å². The Morgan fingerprint density at radius 3 is 2.71 bits per heavy atom. The van der Waals surface area contributed by atoms with Crippen LogP contribution in [-0.2, 0) is 0 Å². The number of nitrogens with zero attached hydrogens (tertiary/aromatic N) is 6. The van der Waals surface area contributed by atoms with E-state index in [1.54, 1.807) is 5.51 Å². The summed E-state index contributed by atoms with van der Waals surface area (Å²) >= 11 is 1.41. The maximum atomic E-state index is 12.6. The molecule has 0 radical (unpaired) electrons. The third kappa shape index (κ3) is 2.56. The van der Waals surface area contributed by atoms with Gasteiger partial charge in [0.05, 0.1) is 16.9 Å². The average Bonchev–Trinajstić information content (AvgIpc) is 3.20. The zero-order valence-corrected chi connectivity index (χ0v) is 14.5. The number of carbonyl (C=O) groups excluding carboxylic acids is 1. The number of aromatic nitrogens is 5. The van der Waals surface area contributed by atoms with Crippen molar-refractivity contribution < 1.29 is 4.79 Å². The van der Waals surface area contributed by atoms with E-state index in [0.717, 1.165) is 53.7 Å². The van der Waals surface area contributed by atoms with Crippen LogP contribution in [0.4, 0.5) is 0 Å². The summed E-state index contributed by atoms with van der Waals surface area (Å²) in [5.41, 5.74) is 4.26. The molecule has 1 saturated heterocycles. The van der Waals surface area contributed by atoms with Crippen LogP contribution in [0, 0.1) is 13.8 Å². The van der Waals surface area contributed by atoms with Crippen LogP contribution in [0.1, 0.15) is 45.6 Å². The number of rotatable bonds is 2. The van der Waals surface area contributed by atoms with Crippen molar-refractivity contribution in [2.75, 3.05) is 13.1 Å². The lowest BCUT2D eigenvalue weighted by molar-refractivity contribution is 0.0714. The van der Waals surface area contributed by atoms with Gasteiger partial charge in [-0.05, 0) is 38.8 Å². The molecule has 3 aromatic rings. The molecule has 0 N–H and O–H groups in total. The summed E-state index contributed by atoms with van der Waals surface area (Å²) in [4.78, 5) is 19.4. The van der Waals surface area contributed by atoms with Crippen molar-refractivity contribution in [1.82, 2.24) is 29.7 Å². The van der Waals surface area contributed by atoms with Crippen LogP contribution in [0.2, 0.25) is 0 Å². The van der Waals surface area contributed by atoms with Gasteiger partial charge >= 0.3 is 0 Å². The van der Waals surface area contributed by atoms with E-state index >= 15 is 0 Å². The third-order valence-corrected chi connectivity index (χ3v) is 5.42. The smallest absolute Gasteiger partial charge is 0.265 e. The van der Waals surface area contributed by atoms with Crippen LogP contribution in [0.15, 0.2) is 17.6 Å². The van der Waals surface area contributed by atoms with E-state index in [0.29, 0.717) is 0 Å². The van der Waals surface area contributed by atoms with Crippen LogP contribution in [0.5, 0.6) is 0 Å². The number of thiazole rings is 1. The fourth-order valence-electron chi connectivity index (χ4n) is 3.14. The van der Waals surface area contributed by atoms with Crippen molar-refractivity contribution in [2.45, 2.75) is 32.6 Å². The molecule has 0 saturated carbocycles. The number of aryl methyl sites for hydroxylation is 2. The topological polar surface area (TPSA) is 76.3 Å². The normalized spacial score (nSPS) is 16.0. The molecule has 1 amide bonds. The minimum absolute atomic E-state index is 0.0912. The van der Waals surface area contributed by atoms with Gasteiger partial charge in [0, 0.05) is 19.0 Å². The molecular weight excluding hydrogens is 324 g/mol. The van der Waals surface area contributed by atoms with Gasteiger partial charge in [-0.15, -0.1) is 21.5 Å². The monoisotopic (exact) mass is 342 g/mol. The fourth-order valence-corrected chi connectivity index (χ4v) is 3.91. The van der Waals surface area contributed by atoms with Crippen LogP contribution >= 0.6 is 11.3 Å². The number of likely N-dealkylation sites (tertiary alicyclic amines) is 1. The minimum Gasteiger partial charge on any atom is -0.338 e. The first kappa shape index (κ1) is 15.2. The lowest BCUT2D eigenvalue weighted by Gasteiger charge is -2.30. The summed E-state index contributed by atoms with van der Waals surface area (Å²) in [5, 5.41) is 13.1. The Balaban J connectivity index is 1.50. The number of carbonyl (C=O) groups is 1. The highest BCUT2D eigenvalue weighted by atomic mass is 32.1. The Hall–Kier alpha value is -2.35. The van der Waals surface area contributed by atoms with Crippen molar-refractivity contribution in [1.29, 1.82) is 0 Å². The second-order valence-electron chi connectivity index (χ2n) is 6.14. The summed E-state index contributed by atoms with van der Waals surface area (Å²) in [5.74, 6) is 1.27. The lowest BCUT2D eigenvalue weighted by Crippen LogP contribution is -2.38. The molecular formula is C16H18N6OS. The van der Waals surface area contributed by atoms with Crippen molar-refractivity contribution in [3.63, 3.8) is 0 Å². The molecule has 1 aliphatic rings. The molecule has 1 aliphatic heterocycles. The first-order valence-electron chi connectivity index (χ1n) is 8.02. The van der Waals surface area contributed by atoms with E-state index in [4.69, 9.17) is 0 Å². The van der Waals surface area contributed by atoms with E-state index in [1.165, 1.54) is 11.3 Å². The molecule has 124 valence electrons. The maximum Gasteiger partial charge on any atom is 0.265 e. The summed E-state index contributed by atoms with van der Waals surface area (Å²) < 4.78 is 1.84. The van der Waals surface area contributed by atoms with Gasteiger partial charge in [0.25, 0.3) is 5.91 Å². The first-order chi connectivity index (χ1) is 11.6. The second kappa shape index (κ2) is 5.94. The zero-order chi connectivity index (χ0) is 16.7.